The molecule has 0 aliphatic carbocycles. The SMILES string of the molecule is COc1cc(C)c(-c2nc3ccccc3c(=O)n2N=Cc2cc(Cl)c(OCc3ccc(Br)cc3)c(Br)c2)cc1C(C)C. The Morgan fingerprint density at radius 1 is 1.05 bits per heavy atom. The van der Waals surface area contributed by atoms with Crippen LogP contribution in [0.15, 0.2) is 91.6 Å². The van der Waals surface area contributed by atoms with E-state index in [1.165, 1.54) is 4.68 Å². The summed E-state index contributed by atoms with van der Waals surface area (Å²) >= 11 is 13.6. The van der Waals surface area contributed by atoms with Crippen molar-refractivity contribution in [3.63, 3.8) is 0 Å². The number of nitrogens with zero attached hydrogens (tertiary/aromatic N) is 3. The number of benzene rings is 4. The fraction of sp³-hybridized carbons (Fsp3) is 0.182. The molecule has 42 heavy (non-hydrogen) atoms. The van der Waals surface area contributed by atoms with E-state index in [2.05, 4.69) is 50.8 Å². The van der Waals surface area contributed by atoms with E-state index in [9.17, 15) is 4.79 Å². The van der Waals surface area contributed by atoms with Gasteiger partial charge in [-0.1, -0.05) is 65.6 Å². The van der Waals surface area contributed by atoms with Gasteiger partial charge >= 0.3 is 0 Å². The molecule has 0 fully saturated rings. The quantitative estimate of drug-likeness (QED) is 0.151. The van der Waals surface area contributed by atoms with Crippen LogP contribution in [0.4, 0.5) is 0 Å². The van der Waals surface area contributed by atoms with E-state index >= 15 is 0 Å². The fourth-order valence-corrected chi connectivity index (χ4v) is 5.88. The van der Waals surface area contributed by atoms with Crippen molar-refractivity contribution in [3.05, 3.63) is 119 Å². The minimum Gasteiger partial charge on any atom is -0.496 e. The van der Waals surface area contributed by atoms with E-state index in [1.54, 1.807) is 25.5 Å². The Kier molecular flexibility index (Phi) is 9.16. The average molecular weight is 710 g/mol. The number of para-hydroxylation sites is 1. The minimum atomic E-state index is -0.271. The number of hydrogen-bond donors (Lipinski definition) is 0. The van der Waals surface area contributed by atoms with Crippen molar-refractivity contribution in [2.75, 3.05) is 7.11 Å². The number of methoxy groups -OCH3 is 1. The molecule has 5 rings (SSSR count). The molecule has 0 spiro atoms. The Hall–Kier alpha value is -3.46. The number of fused-ring (bicyclic) bond motifs is 1. The predicted molar refractivity (Wildman–Crippen MR) is 177 cm³/mol. The lowest BCUT2D eigenvalue weighted by atomic mass is 9.96. The van der Waals surface area contributed by atoms with Gasteiger partial charge in [-0.25, -0.2) is 4.98 Å². The van der Waals surface area contributed by atoms with Gasteiger partial charge in [0.2, 0.25) is 0 Å². The third kappa shape index (κ3) is 6.31. The third-order valence-corrected chi connectivity index (χ3v) is 8.23. The van der Waals surface area contributed by atoms with Gasteiger partial charge in [0, 0.05) is 10.0 Å². The van der Waals surface area contributed by atoms with Crippen molar-refractivity contribution in [2.45, 2.75) is 33.3 Å². The highest BCUT2D eigenvalue weighted by atomic mass is 79.9. The largest absolute Gasteiger partial charge is 0.496 e. The number of aryl methyl sites for hydroxylation is 1. The number of aromatic nitrogens is 2. The maximum atomic E-state index is 13.8. The van der Waals surface area contributed by atoms with Crippen LogP contribution in [0.25, 0.3) is 22.3 Å². The van der Waals surface area contributed by atoms with Crippen molar-refractivity contribution in [1.29, 1.82) is 0 Å². The molecule has 0 amide bonds. The van der Waals surface area contributed by atoms with Gasteiger partial charge in [0.25, 0.3) is 5.56 Å². The number of halogens is 3. The maximum absolute atomic E-state index is 13.8. The molecule has 214 valence electrons. The van der Waals surface area contributed by atoms with Gasteiger partial charge < -0.3 is 9.47 Å². The lowest BCUT2D eigenvalue weighted by Gasteiger charge is -2.17. The number of rotatable bonds is 8. The van der Waals surface area contributed by atoms with Gasteiger partial charge in [0.15, 0.2) is 11.6 Å². The Bertz CT molecular complexity index is 1850. The summed E-state index contributed by atoms with van der Waals surface area (Å²) in [5.74, 6) is 1.97. The summed E-state index contributed by atoms with van der Waals surface area (Å²) in [6.07, 6.45) is 1.60. The second kappa shape index (κ2) is 12.8. The molecule has 0 radical (unpaired) electrons. The van der Waals surface area contributed by atoms with Crippen molar-refractivity contribution in [2.24, 2.45) is 5.10 Å². The highest BCUT2D eigenvalue weighted by Gasteiger charge is 2.18. The zero-order valence-corrected chi connectivity index (χ0v) is 27.4. The summed E-state index contributed by atoms with van der Waals surface area (Å²) in [4.78, 5) is 18.6. The lowest BCUT2D eigenvalue weighted by Crippen LogP contribution is -2.20. The molecule has 5 aromatic rings. The molecule has 4 aromatic carbocycles. The first-order valence-corrected chi connectivity index (χ1v) is 15.2. The van der Waals surface area contributed by atoms with Crippen LogP contribution < -0.4 is 15.0 Å². The van der Waals surface area contributed by atoms with Crippen LogP contribution in [-0.2, 0) is 6.61 Å². The summed E-state index contributed by atoms with van der Waals surface area (Å²) in [6, 6.07) is 22.8. The molecule has 0 unspecified atom stereocenters. The average Bonchev–Trinajstić information content (AvgIpc) is 2.96. The number of ether oxygens (including phenoxy) is 2. The van der Waals surface area contributed by atoms with Crippen LogP contribution in [-0.4, -0.2) is 23.0 Å². The molecule has 0 aliphatic heterocycles. The standard InChI is InChI=1S/C33H28Br2ClN3O3/c1-19(2)25-16-26(20(3)13-30(25)41-4)32-38-29-8-6-5-7-24(29)33(40)39(32)37-17-22-14-27(35)31(28(36)15-22)42-18-21-9-11-23(34)12-10-21/h5-17,19H,18H2,1-4H3. The van der Waals surface area contributed by atoms with E-state index in [4.69, 9.17) is 26.1 Å². The Morgan fingerprint density at radius 3 is 2.48 bits per heavy atom. The molecule has 0 bridgehead atoms. The second-order valence-electron chi connectivity index (χ2n) is 10.1. The molecule has 0 saturated heterocycles. The van der Waals surface area contributed by atoms with E-state index in [1.807, 2.05) is 67.6 Å². The van der Waals surface area contributed by atoms with Crippen LogP contribution in [0.2, 0.25) is 5.02 Å². The van der Waals surface area contributed by atoms with E-state index in [-0.39, 0.29) is 11.5 Å². The van der Waals surface area contributed by atoms with Gasteiger partial charge in [0.1, 0.15) is 12.4 Å². The van der Waals surface area contributed by atoms with Crippen LogP contribution >= 0.6 is 43.5 Å². The van der Waals surface area contributed by atoms with E-state index in [0.717, 1.165) is 32.5 Å². The second-order valence-corrected chi connectivity index (χ2v) is 12.3. The van der Waals surface area contributed by atoms with Crippen LogP contribution in [0.3, 0.4) is 0 Å². The molecular weight excluding hydrogens is 682 g/mol. The van der Waals surface area contributed by atoms with E-state index in [0.29, 0.717) is 44.1 Å². The summed E-state index contributed by atoms with van der Waals surface area (Å²) in [6.45, 7) is 6.54. The summed E-state index contributed by atoms with van der Waals surface area (Å²) in [5.41, 5.74) is 4.76. The summed E-state index contributed by atoms with van der Waals surface area (Å²) in [7, 11) is 1.66. The first-order chi connectivity index (χ1) is 20.2. The smallest absolute Gasteiger partial charge is 0.282 e. The number of hydrogen-bond acceptors (Lipinski definition) is 5. The van der Waals surface area contributed by atoms with Gasteiger partial charge in [-0.2, -0.15) is 9.78 Å². The van der Waals surface area contributed by atoms with Crippen molar-refractivity contribution >= 4 is 60.6 Å². The molecule has 1 heterocycles. The van der Waals surface area contributed by atoms with Crippen molar-refractivity contribution < 1.29 is 9.47 Å². The monoisotopic (exact) mass is 707 g/mol. The van der Waals surface area contributed by atoms with Crippen molar-refractivity contribution in [1.82, 2.24) is 9.66 Å². The van der Waals surface area contributed by atoms with Crippen LogP contribution in [0.1, 0.15) is 42.0 Å². The van der Waals surface area contributed by atoms with Crippen molar-refractivity contribution in [3.8, 4) is 22.9 Å². The van der Waals surface area contributed by atoms with Crippen LogP contribution in [0.5, 0.6) is 11.5 Å². The molecule has 1 aromatic heterocycles. The Morgan fingerprint density at radius 2 is 1.79 bits per heavy atom. The first kappa shape index (κ1) is 30.0. The molecule has 6 nitrogen and oxygen atoms in total. The Labute approximate surface area is 266 Å². The molecule has 0 N–H and O–H groups in total. The van der Waals surface area contributed by atoms with Gasteiger partial charge in [-0.15, -0.1) is 0 Å². The normalized spacial score (nSPS) is 11.5. The maximum Gasteiger partial charge on any atom is 0.282 e. The zero-order chi connectivity index (χ0) is 30.0. The zero-order valence-electron chi connectivity index (χ0n) is 23.5. The molecule has 0 atom stereocenters. The Balaban J connectivity index is 1.56. The highest BCUT2D eigenvalue weighted by molar-refractivity contribution is 9.10. The highest BCUT2D eigenvalue weighted by Crippen LogP contribution is 2.36. The molecule has 9 heteroatoms. The molecular formula is C33H28Br2ClN3O3. The van der Waals surface area contributed by atoms with Gasteiger partial charge in [0.05, 0.1) is 33.7 Å². The van der Waals surface area contributed by atoms with Gasteiger partial charge in [-0.05, 0) is 99.6 Å². The first-order valence-electron chi connectivity index (χ1n) is 13.3. The summed E-state index contributed by atoms with van der Waals surface area (Å²) in [5, 5.41) is 5.53. The van der Waals surface area contributed by atoms with E-state index < -0.39 is 0 Å². The third-order valence-electron chi connectivity index (χ3n) is 6.83. The molecule has 0 saturated carbocycles. The molecule has 0 aliphatic rings. The minimum absolute atomic E-state index is 0.201. The lowest BCUT2D eigenvalue weighted by molar-refractivity contribution is 0.304. The summed E-state index contributed by atoms with van der Waals surface area (Å²) < 4.78 is 14.7. The van der Waals surface area contributed by atoms with Crippen LogP contribution in [0, 0.1) is 6.92 Å². The predicted octanol–water partition coefficient (Wildman–Crippen LogP) is 9.14. The van der Waals surface area contributed by atoms with Gasteiger partial charge in [-0.3, -0.25) is 4.79 Å². The fourth-order valence-electron chi connectivity index (χ4n) is 4.62. The topological polar surface area (TPSA) is 65.7 Å².